The minimum absolute atomic E-state index is 0. The number of nitrogens with one attached hydrogen (secondary N) is 3. The first-order valence-electron chi connectivity index (χ1n) is 10.0. The monoisotopic (exact) mass is 523 g/mol. The van der Waals surface area contributed by atoms with E-state index in [0.29, 0.717) is 37.2 Å². The fourth-order valence-corrected chi connectivity index (χ4v) is 3.80. The van der Waals surface area contributed by atoms with Gasteiger partial charge < -0.3 is 20.7 Å². The molecular weight excluding hydrogens is 489 g/mol. The number of ether oxygens (including phenoxy) is 1. The number of thiazole rings is 1. The SMILES string of the molecule is CCNC(=NCCOC1CCCCCC1)NCCNC(=O)c1scnc1C.I. The third-order valence-corrected chi connectivity index (χ3v) is 5.44. The fraction of sp³-hybridized carbons (Fsp3) is 0.737. The summed E-state index contributed by atoms with van der Waals surface area (Å²) in [6.45, 7) is 7.10. The Bertz CT molecular complexity index is 589. The molecule has 1 aromatic rings. The van der Waals surface area contributed by atoms with E-state index in [1.54, 1.807) is 5.51 Å². The highest BCUT2D eigenvalue weighted by Crippen LogP contribution is 2.19. The minimum Gasteiger partial charge on any atom is -0.376 e. The van der Waals surface area contributed by atoms with Gasteiger partial charge in [-0.2, -0.15) is 0 Å². The van der Waals surface area contributed by atoms with Gasteiger partial charge in [0.2, 0.25) is 0 Å². The summed E-state index contributed by atoms with van der Waals surface area (Å²) >= 11 is 1.36. The number of rotatable bonds is 9. The number of aromatic nitrogens is 1. The van der Waals surface area contributed by atoms with E-state index in [1.165, 1.54) is 49.9 Å². The van der Waals surface area contributed by atoms with Crippen LogP contribution in [0.5, 0.6) is 0 Å². The van der Waals surface area contributed by atoms with Gasteiger partial charge in [0.05, 0.1) is 30.5 Å². The summed E-state index contributed by atoms with van der Waals surface area (Å²) in [5, 5.41) is 9.36. The first kappa shape index (κ1) is 25.1. The van der Waals surface area contributed by atoms with Crippen molar-refractivity contribution < 1.29 is 9.53 Å². The second-order valence-corrected chi connectivity index (χ2v) is 7.55. The zero-order valence-electron chi connectivity index (χ0n) is 17.0. The normalized spacial score (nSPS) is 15.4. The molecule has 1 saturated carbocycles. The van der Waals surface area contributed by atoms with Gasteiger partial charge in [-0.15, -0.1) is 35.3 Å². The predicted octanol–water partition coefficient (Wildman–Crippen LogP) is 3.09. The van der Waals surface area contributed by atoms with Gasteiger partial charge in [0.15, 0.2) is 5.96 Å². The lowest BCUT2D eigenvalue weighted by atomic mass is 10.1. The summed E-state index contributed by atoms with van der Waals surface area (Å²) in [7, 11) is 0. The molecule has 0 saturated heterocycles. The predicted molar refractivity (Wildman–Crippen MR) is 126 cm³/mol. The summed E-state index contributed by atoms with van der Waals surface area (Å²) in [4.78, 5) is 21.4. The molecule has 0 bridgehead atoms. The Balaban J connectivity index is 0.00000392. The van der Waals surface area contributed by atoms with Crippen molar-refractivity contribution in [3.05, 3.63) is 16.1 Å². The second kappa shape index (κ2) is 15.0. The van der Waals surface area contributed by atoms with Gasteiger partial charge in [-0.1, -0.05) is 25.7 Å². The molecule has 1 amide bonds. The van der Waals surface area contributed by atoms with Gasteiger partial charge in [-0.25, -0.2) is 4.98 Å². The van der Waals surface area contributed by atoms with Crippen LogP contribution < -0.4 is 16.0 Å². The maximum Gasteiger partial charge on any atom is 0.263 e. The molecule has 0 aromatic carbocycles. The number of hydrogen-bond donors (Lipinski definition) is 3. The van der Waals surface area contributed by atoms with E-state index in [-0.39, 0.29) is 29.9 Å². The molecule has 9 heteroatoms. The van der Waals surface area contributed by atoms with Crippen LogP contribution in [0.2, 0.25) is 0 Å². The zero-order valence-corrected chi connectivity index (χ0v) is 20.1. The molecular formula is C19H34IN5O2S. The maximum absolute atomic E-state index is 12.1. The Kier molecular flexibility index (Phi) is 13.4. The first-order chi connectivity index (χ1) is 13.2. The highest BCUT2D eigenvalue weighted by atomic mass is 127. The Hall–Kier alpha value is -0.940. The molecule has 2 rings (SSSR count). The highest BCUT2D eigenvalue weighted by molar-refractivity contribution is 14.0. The van der Waals surface area contributed by atoms with E-state index >= 15 is 0 Å². The smallest absolute Gasteiger partial charge is 0.263 e. The van der Waals surface area contributed by atoms with Gasteiger partial charge in [-0.05, 0) is 26.7 Å². The van der Waals surface area contributed by atoms with Crippen LogP contribution in [0.15, 0.2) is 10.5 Å². The number of carbonyl (C=O) groups is 1. The first-order valence-corrected chi connectivity index (χ1v) is 10.9. The lowest BCUT2D eigenvalue weighted by molar-refractivity contribution is 0.0487. The number of amides is 1. The second-order valence-electron chi connectivity index (χ2n) is 6.69. The number of hydrogen-bond acceptors (Lipinski definition) is 5. The molecule has 1 heterocycles. The molecule has 0 spiro atoms. The molecule has 0 radical (unpaired) electrons. The van der Waals surface area contributed by atoms with Gasteiger partial charge in [0, 0.05) is 19.6 Å². The van der Waals surface area contributed by atoms with E-state index in [4.69, 9.17) is 4.74 Å². The lowest BCUT2D eigenvalue weighted by Gasteiger charge is -2.15. The molecule has 160 valence electrons. The van der Waals surface area contributed by atoms with Crippen molar-refractivity contribution in [3.63, 3.8) is 0 Å². The average molecular weight is 523 g/mol. The number of guanidine groups is 1. The molecule has 0 unspecified atom stereocenters. The topological polar surface area (TPSA) is 87.6 Å². The maximum atomic E-state index is 12.1. The van der Waals surface area contributed by atoms with Crippen LogP contribution in [0.25, 0.3) is 0 Å². The van der Waals surface area contributed by atoms with Crippen molar-refractivity contribution in [2.45, 2.75) is 58.5 Å². The zero-order chi connectivity index (χ0) is 19.3. The van der Waals surface area contributed by atoms with E-state index in [2.05, 4.69) is 25.9 Å². The number of carbonyl (C=O) groups excluding carboxylic acids is 1. The van der Waals surface area contributed by atoms with Crippen molar-refractivity contribution in [2.75, 3.05) is 32.8 Å². The van der Waals surface area contributed by atoms with Crippen LogP contribution in [0.1, 0.15) is 60.8 Å². The third-order valence-electron chi connectivity index (χ3n) is 4.52. The van der Waals surface area contributed by atoms with Gasteiger partial charge in [0.1, 0.15) is 4.88 Å². The Labute approximate surface area is 189 Å². The largest absolute Gasteiger partial charge is 0.376 e. The number of aryl methyl sites for hydroxylation is 1. The fourth-order valence-electron chi connectivity index (χ4n) is 3.08. The van der Waals surface area contributed by atoms with Crippen LogP contribution in [-0.4, -0.2) is 55.7 Å². The third kappa shape index (κ3) is 9.51. The number of halogens is 1. The molecule has 1 aliphatic carbocycles. The molecule has 3 N–H and O–H groups in total. The van der Waals surface area contributed by atoms with Gasteiger partial charge in [-0.3, -0.25) is 9.79 Å². The lowest BCUT2D eigenvalue weighted by Crippen LogP contribution is -2.41. The van der Waals surface area contributed by atoms with Crippen molar-refractivity contribution >= 4 is 47.2 Å². The van der Waals surface area contributed by atoms with E-state index < -0.39 is 0 Å². The van der Waals surface area contributed by atoms with Crippen molar-refractivity contribution in [3.8, 4) is 0 Å². The highest BCUT2D eigenvalue weighted by Gasteiger charge is 2.12. The summed E-state index contributed by atoms with van der Waals surface area (Å²) in [6, 6.07) is 0. The Morgan fingerprint density at radius 3 is 2.57 bits per heavy atom. The van der Waals surface area contributed by atoms with E-state index in [9.17, 15) is 4.79 Å². The number of aliphatic imine (C=N–C) groups is 1. The van der Waals surface area contributed by atoms with Gasteiger partial charge in [0.25, 0.3) is 5.91 Å². The summed E-state index contributed by atoms with van der Waals surface area (Å²) < 4.78 is 5.98. The molecule has 1 aromatic heterocycles. The van der Waals surface area contributed by atoms with Crippen molar-refractivity contribution in [1.29, 1.82) is 0 Å². The Morgan fingerprint density at radius 1 is 1.21 bits per heavy atom. The summed E-state index contributed by atoms with van der Waals surface area (Å²) in [5.41, 5.74) is 2.46. The quantitative estimate of drug-likeness (QED) is 0.152. The molecule has 28 heavy (non-hydrogen) atoms. The summed E-state index contributed by atoms with van der Waals surface area (Å²) in [5.74, 6) is 0.681. The van der Waals surface area contributed by atoms with Crippen LogP contribution in [-0.2, 0) is 4.74 Å². The average Bonchev–Trinajstić information content (AvgIpc) is 2.93. The van der Waals surface area contributed by atoms with Gasteiger partial charge >= 0.3 is 0 Å². The Morgan fingerprint density at radius 2 is 1.93 bits per heavy atom. The van der Waals surface area contributed by atoms with Crippen molar-refractivity contribution in [2.24, 2.45) is 4.99 Å². The molecule has 1 fully saturated rings. The minimum atomic E-state index is -0.0736. The van der Waals surface area contributed by atoms with Crippen LogP contribution >= 0.6 is 35.3 Å². The number of nitrogens with zero attached hydrogens (tertiary/aromatic N) is 2. The van der Waals surface area contributed by atoms with Crippen LogP contribution in [0.3, 0.4) is 0 Å². The molecule has 7 nitrogen and oxygen atoms in total. The summed E-state index contributed by atoms with van der Waals surface area (Å²) in [6.07, 6.45) is 8.01. The van der Waals surface area contributed by atoms with Crippen molar-refractivity contribution in [1.82, 2.24) is 20.9 Å². The van der Waals surface area contributed by atoms with Crippen LogP contribution in [0.4, 0.5) is 0 Å². The standard InChI is InChI=1S/C19H33N5O2S.HI/c1-3-20-19(23-12-13-26-16-8-6-4-5-7-9-16)22-11-10-21-18(25)17-15(2)24-14-27-17;/h14,16H,3-13H2,1-2H3,(H,21,25)(H2,20,22,23);1H. The van der Waals surface area contributed by atoms with E-state index in [1.807, 2.05) is 13.8 Å². The molecule has 1 aliphatic rings. The van der Waals surface area contributed by atoms with E-state index in [0.717, 1.165) is 18.2 Å². The van der Waals surface area contributed by atoms with Crippen LogP contribution in [0, 0.1) is 6.92 Å². The molecule has 0 atom stereocenters. The molecule has 0 aliphatic heterocycles.